The number of nitrogens with one attached hydrogen (secondary N) is 14. The normalized spacial score (nSPS) is 22.3. The van der Waals surface area contributed by atoms with Crippen LogP contribution < -0.4 is 97.5 Å². The molecular formula is C92H125N19O25. The number of H-pyrrole nitrogens is 1. The van der Waals surface area contributed by atoms with Crippen LogP contribution in [0.2, 0.25) is 0 Å². The molecule has 1 aromatic heterocycles. The molecule has 3 aromatic carbocycles. The fourth-order valence-corrected chi connectivity index (χ4v) is 15.4. The lowest BCUT2D eigenvalue weighted by Gasteiger charge is -2.31. The van der Waals surface area contributed by atoms with E-state index in [0.717, 1.165) is 4.90 Å². The number of carbonyl (C=O) groups excluding carboxylic acids is 17. The highest BCUT2D eigenvalue weighted by Gasteiger charge is 2.41. The third-order valence-corrected chi connectivity index (χ3v) is 22.7. The summed E-state index contributed by atoms with van der Waals surface area (Å²) in [6.45, 7) is 10.6. The molecule has 44 nitrogen and oxygen atoms in total. The predicted molar refractivity (Wildman–Crippen MR) is 493 cm³/mol. The smallest absolute Gasteiger partial charge is 0.305 e. The molecular weight excluding hydrogens is 1770 g/mol. The van der Waals surface area contributed by atoms with Gasteiger partial charge in [0.2, 0.25) is 94.5 Å². The fraction of sp³-hybridized carbons (Fsp3) is 0.500. The molecule has 1 saturated heterocycles. The second-order valence-corrected chi connectivity index (χ2v) is 34.9. The van der Waals surface area contributed by atoms with E-state index in [1.54, 1.807) is 89.3 Å². The number of amides is 17. The average Bonchev–Trinajstić information content (AvgIpc) is 0.803. The standard InChI is InChI=1S/C92H125N19O25/c1-9-49(8)79-91(134)107-66(41-75(119)120)88(131)105-64(39-71(94)115)86(129)102-62(35-47(4)5)84(127)106-67(42-76(121)122)89(132)109-78(48(6)7)92(135)111(44-73(96)117)33-19-11-10-18-32-97-81(124)60(100-80(123)55-22-13-12-21-54(55)77-56-27-25-51(113)37-69(56)136-70-38-52(114)26-28-57(70)77)29-30-74(118)99-63(36-50-43-98-58-23-15-14-20-53(50)58)85(128)104-65(40-72(95)116)87(130)108-68(45-112)90(133)103-61(34-46(2)3)83(126)101-59(82(125)110-79)24-16-17-31-93/h12-15,20-23,25-28,37-38,43,46-49,59-68,78-79,98,112-113H,9-11,16-19,24,29-36,39-42,44-45,93H2,1-8H3,(H2,94,115)(H2,95,116)(H2,96,117)(H,97,124)(H,99,118)(H,100,123)(H,101,126)(H,102,129)(H,103,133)(H,104,128)(H,105,131)(H,106,127)(H,107,134)(H,108,130)(H,109,132)(H,110,125)(H,119,120)(H,121,122)/t49-,59-,60?,61-,62-,63-,64-,65-,66-,67-,68-,78-,79-/m0/s1. The van der Waals surface area contributed by atoms with Crippen molar-refractivity contribution in [2.45, 2.75) is 237 Å². The number of primary amides is 3. The van der Waals surface area contributed by atoms with Crippen molar-refractivity contribution in [2.75, 3.05) is 32.8 Å². The highest BCUT2D eigenvalue weighted by Crippen LogP contribution is 2.42. The summed E-state index contributed by atoms with van der Waals surface area (Å²) in [6, 6.07) is -0.172. The first-order valence-electron chi connectivity index (χ1n) is 45.0. The number of para-hydroxylation sites is 1. The predicted octanol–water partition coefficient (Wildman–Crippen LogP) is -1.17. The topological polar surface area (TPSA) is 715 Å². The number of carboxylic acids is 2. The molecule has 4 aromatic rings. The van der Waals surface area contributed by atoms with Crippen molar-refractivity contribution in [3.63, 3.8) is 0 Å². The Hall–Kier alpha value is -14.5. The number of phenolic OH excluding ortho intramolecular Hbond substituents is 1. The molecule has 0 spiro atoms. The summed E-state index contributed by atoms with van der Waals surface area (Å²) in [6.07, 6.45) is -3.43. The SMILES string of the molecule is CC[C@H](C)[C@@H]1NC(=O)[C@H](CCCCN)NC(=O)[C@H](CC(C)C)NC(=O)[C@H](CO)NC(=O)[C@H](CC(N)=O)NC(=O)[C@H](Cc2c[nH]c3ccccc23)NC(=O)CCC(NC(=O)c2ccccc2-c2c3ccc(=O)cc-3oc3cc(O)ccc23)C(=O)NCCCCCCN(CC(N)=O)C(=O)[C@H](C(C)C)NC(=O)[C@H](CC(=O)O)NC(=O)[C@H](CC(C)C)NC(=O)[C@H](CC(N)=O)NC(=O)[C@H](CC(=O)O)NC1=O. The molecule has 2 aliphatic heterocycles. The molecule has 0 saturated carbocycles. The Morgan fingerprint density at radius 1 is 0.515 bits per heavy atom. The van der Waals surface area contributed by atoms with Crippen LogP contribution in [0.3, 0.4) is 0 Å². The minimum atomic E-state index is -2.13. The van der Waals surface area contributed by atoms with E-state index >= 15 is 9.59 Å². The van der Waals surface area contributed by atoms with E-state index in [1.807, 2.05) is 0 Å². The van der Waals surface area contributed by atoms with Crippen LogP contribution in [0.4, 0.5) is 0 Å². The summed E-state index contributed by atoms with van der Waals surface area (Å²) in [5, 5.41) is 74.8. The van der Waals surface area contributed by atoms with Crippen molar-refractivity contribution >= 4 is 134 Å². The van der Waals surface area contributed by atoms with E-state index in [2.05, 4.69) is 74.1 Å². The molecule has 17 amide bonds. The monoisotopic (exact) mass is 1900 g/mol. The van der Waals surface area contributed by atoms with Gasteiger partial charge < -0.3 is 127 Å². The van der Waals surface area contributed by atoms with Gasteiger partial charge in [0.05, 0.1) is 38.8 Å². The number of nitrogens with two attached hydrogens (primary N) is 4. The van der Waals surface area contributed by atoms with E-state index in [9.17, 15) is 107 Å². The number of hydrogen-bond acceptors (Lipinski definition) is 24. The first-order chi connectivity index (χ1) is 64.4. The van der Waals surface area contributed by atoms with Gasteiger partial charge in [0.15, 0.2) is 5.43 Å². The molecule has 1 fully saturated rings. The Bertz CT molecular complexity index is 5360. The van der Waals surface area contributed by atoms with Crippen LogP contribution in [0, 0.1) is 23.7 Å². The van der Waals surface area contributed by atoms with Gasteiger partial charge in [0.25, 0.3) is 5.91 Å². The first-order valence-corrected chi connectivity index (χ1v) is 45.0. The molecule has 0 bridgehead atoms. The zero-order valence-electron chi connectivity index (χ0n) is 77.1. The van der Waals surface area contributed by atoms with Crippen molar-refractivity contribution in [1.82, 2.24) is 79.0 Å². The number of rotatable bonds is 27. The van der Waals surface area contributed by atoms with Crippen LogP contribution >= 0.6 is 0 Å². The number of fused-ring (bicyclic) bond motifs is 3. The minimum Gasteiger partial charge on any atom is -0.508 e. The Morgan fingerprint density at radius 3 is 1.60 bits per heavy atom. The molecule has 3 aliphatic rings. The molecule has 738 valence electrons. The van der Waals surface area contributed by atoms with Gasteiger partial charge >= 0.3 is 11.9 Å². The molecule has 44 heteroatoms. The number of hydrogen-bond donors (Lipinski definition) is 22. The van der Waals surface area contributed by atoms with E-state index in [1.165, 1.54) is 57.2 Å². The van der Waals surface area contributed by atoms with Crippen LogP contribution in [-0.2, 0) is 92.7 Å². The van der Waals surface area contributed by atoms with Crippen LogP contribution in [0.5, 0.6) is 5.75 Å². The zero-order chi connectivity index (χ0) is 100. The molecule has 26 N–H and O–H groups in total. The number of aliphatic carboxylic acids is 2. The number of aromatic hydroxyl groups is 1. The van der Waals surface area contributed by atoms with Gasteiger partial charge in [-0.15, -0.1) is 0 Å². The number of nitrogens with zero attached hydrogens (tertiary/aromatic N) is 1. The minimum absolute atomic E-state index is 0.0255. The molecule has 1 unspecified atom stereocenters. The van der Waals surface area contributed by atoms with Crippen molar-refractivity contribution < 1.29 is 116 Å². The lowest BCUT2D eigenvalue weighted by atomic mass is 9.90. The largest absolute Gasteiger partial charge is 0.508 e. The summed E-state index contributed by atoms with van der Waals surface area (Å²) in [5.41, 5.74) is 24.5. The van der Waals surface area contributed by atoms with E-state index in [0.29, 0.717) is 45.8 Å². The Kier molecular flexibility index (Phi) is 41.7. The molecule has 136 heavy (non-hydrogen) atoms. The van der Waals surface area contributed by atoms with Gasteiger partial charge in [-0.3, -0.25) is 95.9 Å². The number of aromatic nitrogens is 1. The van der Waals surface area contributed by atoms with Gasteiger partial charge in [-0.05, 0) is 129 Å². The van der Waals surface area contributed by atoms with Crippen molar-refractivity contribution in [1.29, 1.82) is 0 Å². The number of unbranched alkanes of at least 4 members (excludes halogenated alkanes) is 1. The number of aromatic amines is 1. The highest BCUT2D eigenvalue weighted by molar-refractivity contribution is 6.11. The Labute approximate surface area is 782 Å². The van der Waals surface area contributed by atoms with E-state index in [-0.39, 0.29) is 106 Å². The Balaban J connectivity index is 1.28. The number of carbonyl (C=O) groups is 19. The number of aliphatic hydroxyl groups is 1. The molecule has 13 atom stereocenters. The second kappa shape index (κ2) is 52.3. The number of phenols is 1. The fourth-order valence-electron chi connectivity index (χ4n) is 15.4. The quantitative estimate of drug-likeness (QED) is 0.0213. The summed E-state index contributed by atoms with van der Waals surface area (Å²) in [7, 11) is 0. The van der Waals surface area contributed by atoms with Crippen molar-refractivity contribution in [2.24, 2.45) is 46.6 Å². The van der Waals surface area contributed by atoms with Crippen molar-refractivity contribution in [3.05, 3.63) is 112 Å². The number of aliphatic hydroxyl groups excluding tert-OH is 1. The van der Waals surface area contributed by atoms with Crippen LogP contribution in [0.25, 0.3) is 44.3 Å². The third kappa shape index (κ3) is 32.7. The summed E-state index contributed by atoms with van der Waals surface area (Å²) in [4.78, 5) is 285. The summed E-state index contributed by atoms with van der Waals surface area (Å²) < 4.78 is 6.08. The summed E-state index contributed by atoms with van der Waals surface area (Å²) >= 11 is 0. The number of benzene rings is 4. The summed E-state index contributed by atoms with van der Waals surface area (Å²) in [5.74, 6) is -25.0. The molecule has 3 heterocycles. The van der Waals surface area contributed by atoms with Gasteiger partial charge in [0.1, 0.15) is 89.6 Å². The Morgan fingerprint density at radius 2 is 1.03 bits per heavy atom. The zero-order valence-corrected chi connectivity index (χ0v) is 77.1. The molecule has 0 radical (unpaired) electrons. The van der Waals surface area contributed by atoms with Crippen LogP contribution in [0.15, 0.2) is 100 Å². The maximum atomic E-state index is 15.1. The van der Waals surface area contributed by atoms with Gasteiger partial charge in [-0.25, -0.2) is 0 Å². The third-order valence-electron chi connectivity index (χ3n) is 22.7. The lowest BCUT2D eigenvalue weighted by molar-refractivity contribution is -0.143. The van der Waals surface area contributed by atoms with Crippen molar-refractivity contribution in [3.8, 4) is 28.2 Å². The number of carboxylic acid groups (broad SMARTS) is 2. The maximum absolute atomic E-state index is 15.1. The van der Waals surface area contributed by atoms with Gasteiger partial charge in [-0.2, -0.15) is 0 Å². The first kappa shape index (κ1) is 109. The second-order valence-electron chi connectivity index (χ2n) is 34.9. The molecule has 7 rings (SSSR count). The van der Waals surface area contributed by atoms with Gasteiger partial charge in [-0.1, -0.05) is 111 Å². The van der Waals surface area contributed by atoms with E-state index < -0.39 is 266 Å². The maximum Gasteiger partial charge on any atom is 0.305 e. The highest BCUT2D eigenvalue weighted by atomic mass is 16.4. The molecule has 1 aliphatic carbocycles. The average molecular weight is 1900 g/mol. The van der Waals surface area contributed by atoms with Gasteiger partial charge in [0, 0.05) is 77.2 Å². The van der Waals surface area contributed by atoms with Crippen LogP contribution in [0.1, 0.15) is 174 Å². The lowest BCUT2D eigenvalue weighted by Crippen LogP contribution is -2.62. The van der Waals surface area contributed by atoms with E-state index in [4.69, 9.17) is 27.4 Å². The van der Waals surface area contributed by atoms with Crippen LogP contribution in [-0.4, -0.2) is 248 Å².